The van der Waals surface area contributed by atoms with Crippen molar-refractivity contribution in [3.05, 3.63) is 17.8 Å². The Bertz CT molecular complexity index is 478. The lowest BCUT2D eigenvalue weighted by molar-refractivity contribution is 0.530. The summed E-state index contributed by atoms with van der Waals surface area (Å²) in [5.41, 5.74) is 1.82. The van der Waals surface area contributed by atoms with Gasteiger partial charge in [0.15, 0.2) is 0 Å². The van der Waals surface area contributed by atoms with E-state index in [0.717, 1.165) is 17.8 Å². The van der Waals surface area contributed by atoms with Crippen molar-refractivity contribution in [1.82, 2.24) is 20.0 Å². The van der Waals surface area contributed by atoms with Gasteiger partial charge in [-0.15, -0.1) is 16.7 Å². The lowest BCUT2D eigenvalue weighted by Crippen LogP contribution is -1.93. The van der Waals surface area contributed by atoms with Gasteiger partial charge in [0.05, 0.1) is 11.4 Å². The Morgan fingerprint density at radius 1 is 1.50 bits per heavy atom. The first-order valence-corrected chi connectivity index (χ1v) is 5.44. The summed E-state index contributed by atoms with van der Waals surface area (Å²) in [6.07, 6.45) is 2.70. The molecule has 0 aliphatic carbocycles. The second-order valence-corrected chi connectivity index (χ2v) is 3.54. The third kappa shape index (κ3) is 2.16. The van der Waals surface area contributed by atoms with Crippen molar-refractivity contribution in [2.75, 3.05) is 5.32 Å². The van der Waals surface area contributed by atoms with E-state index in [4.69, 9.17) is 16.0 Å². The van der Waals surface area contributed by atoms with Crippen molar-refractivity contribution in [1.29, 1.82) is 0 Å². The summed E-state index contributed by atoms with van der Waals surface area (Å²) < 4.78 is 6.98. The van der Waals surface area contributed by atoms with E-state index < -0.39 is 0 Å². The molecule has 0 saturated heterocycles. The van der Waals surface area contributed by atoms with E-state index in [-0.39, 0.29) is 5.88 Å². The van der Waals surface area contributed by atoms with Crippen LogP contribution in [0.2, 0.25) is 0 Å². The maximum absolute atomic E-state index is 5.57. The fourth-order valence-corrected chi connectivity index (χ4v) is 1.48. The molecule has 0 radical (unpaired) electrons. The summed E-state index contributed by atoms with van der Waals surface area (Å²) in [7, 11) is 1.86. The van der Waals surface area contributed by atoms with Crippen LogP contribution in [0.3, 0.4) is 0 Å². The molecule has 2 rings (SSSR count). The molecule has 0 amide bonds. The van der Waals surface area contributed by atoms with Crippen molar-refractivity contribution in [2.24, 2.45) is 7.05 Å². The predicted octanol–water partition coefficient (Wildman–Crippen LogP) is 1.85. The van der Waals surface area contributed by atoms with Gasteiger partial charge < -0.3 is 9.73 Å². The highest BCUT2D eigenvalue weighted by atomic mass is 35.5. The Balaban J connectivity index is 2.19. The molecule has 1 N–H and O–H groups in total. The first-order chi connectivity index (χ1) is 7.72. The van der Waals surface area contributed by atoms with Gasteiger partial charge in [0.2, 0.25) is 5.89 Å². The minimum atomic E-state index is 0.211. The molecule has 86 valence electrons. The van der Waals surface area contributed by atoms with Crippen molar-refractivity contribution >= 4 is 23.3 Å². The topological polar surface area (TPSA) is 68.8 Å². The first-order valence-electron chi connectivity index (χ1n) is 4.90. The highest BCUT2D eigenvalue weighted by Crippen LogP contribution is 2.19. The van der Waals surface area contributed by atoms with Crippen LogP contribution in [-0.2, 0) is 19.3 Å². The zero-order valence-corrected chi connectivity index (χ0v) is 9.82. The standard InChI is InChI=1S/C9H12ClN5O/c1-3-6-7(5-15(2)14-6)11-9-13-12-8(4-10)16-9/h5H,3-4H2,1-2H3,(H,11,13). The molecule has 0 fully saturated rings. The van der Waals surface area contributed by atoms with Crippen LogP contribution in [0.1, 0.15) is 18.5 Å². The Labute approximate surface area is 97.6 Å². The molecule has 7 heteroatoms. The van der Waals surface area contributed by atoms with Crippen LogP contribution >= 0.6 is 11.6 Å². The van der Waals surface area contributed by atoms with E-state index in [1.807, 2.05) is 20.2 Å². The molecule has 6 nitrogen and oxygen atoms in total. The minimum Gasteiger partial charge on any atom is -0.407 e. The van der Waals surface area contributed by atoms with E-state index in [1.54, 1.807) is 4.68 Å². The smallest absolute Gasteiger partial charge is 0.320 e. The molecule has 0 aliphatic rings. The molecule has 2 aromatic rings. The summed E-state index contributed by atoms with van der Waals surface area (Å²) in [5, 5.41) is 14.9. The number of nitrogens with one attached hydrogen (secondary N) is 1. The number of halogens is 1. The summed E-state index contributed by atoms with van der Waals surface area (Å²) in [6.45, 7) is 2.03. The molecule has 0 aromatic carbocycles. The third-order valence-electron chi connectivity index (χ3n) is 2.06. The normalized spacial score (nSPS) is 10.7. The third-order valence-corrected chi connectivity index (χ3v) is 2.29. The number of hydrogen-bond donors (Lipinski definition) is 1. The summed E-state index contributed by atoms with van der Waals surface area (Å²) in [5.74, 6) is 0.605. The average molecular weight is 242 g/mol. The Morgan fingerprint density at radius 2 is 2.31 bits per heavy atom. The lowest BCUT2D eigenvalue weighted by Gasteiger charge is -1.98. The number of nitrogens with zero attached hydrogens (tertiary/aromatic N) is 4. The van der Waals surface area contributed by atoms with Gasteiger partial charge in [-0.2, -0.15) is 5.10 Å². The lowest BCUT2D eigenvalue weighted by atomic mass is 10.3. The Hall–Kier alpha value is -1.56. The molecular weight excluding hydrogens is 230 g/mol. The molecule has 0 saturated carbocycles. The van der Waals surface area contributed by atoms with Crippen LogP contribution in [0.5, 0.6) is 0 Å². The number of hydrogen-bond acceptors (Lipinski definition) is 5. The number of aryl methyl sites for hydroxylation is 2. The molecule has 2 aromatic heterocycles. The van der Waals surface area contributed by atoms with E-state index in [1.165, 1.54) is 0 Å². The van der Waals surface area contributed by atoms with Crippen molar-refractivity contribution in [3.63, 3.8) is 0 Å². The van der Waals surface area contributed by atoms with Crippen LogP contribution in [0, 0.1) is 0 Å². The van der Waals surface area contributed by atoms with E-state index >= 15 is 0 Å². The molecule has 0 bridgehead atoms. The summed E-state index contributed by atoms with van der Waals surface area (Å²) in [4.78, 5) is 0. The van der Waals surface area contributed by atoms with Crippen LogP contribution in [0.15, 0.2) is 10.6 Å². The maximum atomic E-state index is 5.57. The van der Waals surface area contributed by atoms with Crippen LogP contribution in [-0.4, -0.2) is 20.0 Å². The SMILES string of the molecule is CCc1nn(C)cc1Nc1nnc(CCl)o1. The molecule has 0 unspecified atom stereocenters. The minimum absolute atomic E-state index is 0.211. The molecule has 16 heavy (non-hydrogen) atoms. The van der Waals surface area contributed by atoms with Gasteiger partial charge in [0.25, 0.3) is 0 Å². The summed E-state index contributed by atoms with van der Waals surface area (Å²) >= 11 is 5.57. The van der Waals surface area contributed by atoms with Gasteiger partial charge in [-0.25, -0.2) is 0 Å². The van der Waals surface area contributed by atoms with Crippen LogP contribution < -0.4 is 5.32 Å². The van der Waals surface area contributed by atoms with Gasteiger partial charge >= 0.3 is 6.01 Å². The van der Waals surface area contributed by atoms with Gasteiger partial charge in [0, 0.05) is 13.2 Å². The first kappa shape index (κ1) is 10.9. The quantitative estimate of drug-likeness (QED) is 0.828. The predicted molar refractivity (Wildman–Crippen MR) is 59.7 cm³/mol. The average Bonchev–Trinajstić information content (AvgIpc) is 2.85. The Kier molecular flexibility index (Phi) is 3.09. The monoisotopic (exact) mass is 241 g/mol. The van der Waals surface area contributed by atoms with Gasteiger partial charge in [-0.1, -0.05) is 12.0 Å². The van der Waals surface area contributed by atoms with Gasteiger partial charge in [0.1, 0.15) is 5.88 Å². The number of rotatable bonds is 4. The summed E-state index contributed by atoms with van der Waals surface area (Å²) in [6, 6.07) is 0.332. The van der Waals surface area contributed by atoms with Crippen molar-refractivity contribution in [2.45, 2.75) is 19.2 Å². The second-order valence-electron chi connectivity index (χ2n) is 3.28. The zero-order valence-electron chi connectivity index (χ0n) is 9.07. The number of alkyl halides is 1. The fraction of sp³-hybridized carbons (Fsp3) is 0.444. The van der Waals surface area contributed by atoms with Gasteiger partial charge in [-0.05, 0) is 6.42 Å². The van der Waals surface area contributed by atoms with Crippen molar-refractivity contribution in [3.8, 4) is 0 Å². The van der Waals surface area contributed by atoms with E-state index in [2.05, 4.69) is 20.6 Å². The molecule has 0 atom stereocenters. The highest BCUT2D eigenvalue weighted by Gasteiger charge is 2.10. The number of aromatic nitrogens is 4. The van der Waals surface area contributed by atoms with Crippen molar-refractivity contribution < 1.29 is 4.42 Å². The Morgan fingerprint density at radius 3 is 2.94 bits per heavy atom. The molecule has 2 heterocycles. The fourth-order valence-electron chi connectivity index (χ4n) is 1.37. The largest absolute Gasteiger partial charge is 0.407 e. The molecule has 0 aliphatic heterocycles. The van der Waals surface area contributed by atoms with E-state index in [9.17, 15) is 0 Å². The van der Waals surface area contributed by atoms with Crippen LogP contribution in [0.4, 0.5) is 11.7 Å². The van der Waals surface area contributed by atoms with Crippen LogP contribution in [0.25, 0.3) is 0 Å². The highest BCUT2D eigenvalue weighted by molar-refractivity contribution is 6.16. The molecular formula is C9H12ClN5O. The van der Waals surface area contributed by atoms with E-state index in [0.29, 0.717) is 11.9 Å². The number of anilines is 2. The maximum Gasteiger partial charge on any atom is 0.320 e. The van der Waals surface area contributed by atoms with Gasteiger partial charge in [-0.3, -0.25) is 4.68 Å². The second kappa shape index (κ2) is 4.52. The molecule has 0 spiro atoms. The zero-order chi connectivity index (χ0) is 11.5.